The Morgan fingerprint density at radius 1 is 1.38 bits per heavy atom. The molecular weight excluding hydrogens is 433 g/mol. The van der Waals surface area contributed by atoms with Gasteiger partial charge in [-0.3, -0.25) is 4.90 Å². The third-order valence-electron chi connectivity index (χ3n) is 4.88. The lowest BCUT2D eigenvalue weighted by atomic mass is 9.93. The zero-order valence-electron chi connectivity index (χ0n) is 16.1. The molecule has 3 atom stereocenters. The number of carboxylic acids is 1. The highest BCUT2D eigenvalue weighted by molar-refractivity contribution is 7.89. The Balaban J connectivity index is 0.000000370. The van der Waals surface area contributed by atoms with Crippen LogP contribution in [-0.2, 0) is 26.1 Å². The summed E-state index contributed by atoms with van der Waals surface area (Å²) < 4.78 is 63.5. The minimum atomic E-state index is -5.08. The minimum absolute atomic E-state index is 0.137. The van der Waals surface area contributed by atoms with Gasteiger partial charge in [0.25, 0.3) is 0 Å². The summed E-state index contributed by atoms with van der Waals surface area (Å²) >= 11 is 1.85. The van der Waals surface area contributed by atoms with Crippen molar-refractivity contribution in [2.45, 2.75) is 32.7 Å². The van der Waals surface area contributed by atoms with Crippen molar-refractivity contribution in [2.24, 2.45) is 11.8 Å². The second kappa shape index (κ2) is 9.73. The third kappa shape index (κ3) is 7.21. The van der Waals surface area contributed by atoms with E-state index in [1.54, 1.807) is 6.92 Å². The number of hydrogen-bond donors (Lipinski definition) is 2. The van der Waals surface area contributed by atoms with Gasteiger partial charge in [-0.05, 0) is 26.0 Å². The summed E-state index contributed by atoms with van der Waals surface area (Å²) in [6.07, 6.45) is -4.82. The van der Waals surface area contributed by atoms with Gasteiger partial charge in [0.15, 0.2) is 0 Å². The van der Waals surface area contributed by atoms with E-state index in [1.165, 1.54) is 9.75 Å². The number of fused-ring (bicyclic) bond motifs is 1. The van der Waals surface area contributed by atoms with Gasteiger partial charge in [0, 0.05) is 47.8 Å². The molecule has 3 rings (SSSR count). The fraction of sp³-hybridized carbons (Fsp3) is 0.706. The number of thiophene rings is 1. The van der Waals surface area contributed by atoms with E-state index < -0.39 is 22.2 Å². The van der Waals surface area contributed by atoms with Gasteiger partial charge >= 0.3 is 12.1 Å². The molecule has 0 bridgehead atoms. The maximum atomic E-state index is 11.6. The van der Waals surface area contributed by atoms with E-state index in [4.69, 9.17) is 14.6 Å². The molecule has 1 aromatic rings. The van der Waals surface area contributed by atoms with Crippen LogP contribution in [0.4, 0.5) is 13.2 Å². The molecule has 2 saturated heterocycles. The number of alkyl halides is 3. The fourth-order valence-electron chi connectivity index (χ4n) is 3.35. The maximum Gasteiger partial charge on any atom is 0.490 e. The molecule has 166 valence electrons. The number of sulfonamides is 1. The summed E-state index contributed by atoms with van der Waals surface area (Å²) in [5.74, 6) is -1.88. The SMILES string of the molecule is CCS(=O)(=O)NC[C@@H]1CO[C@@H]2CN(Cc3ccc(C)s3)C[C@H]12.O=C(O)C(F)(F)F. The predicted octanol–water partition coefficient (Wildman–Crippen LogP) is 2.08. The number of nitrogens with zero attached hydrogens (tertiary/aromatic N) is 1. The lowest BCUT2D eigenvalue weighted by Crippen LogP contribution is -2.34. The average molecular weight is 459 g/mol. The van der Waals surface area contributed by atoms with E-state index in [2.05, 4.69) is 28.7 Å². The summed E-state index contributed by atoms with van der Waals surface area (Å²) in [6.45, 7) is 7.90. The Labute approximate surface area is 171 Å². The molecule has 0 spiro atoms. The summed E-state index contributed by atoms with van der Waals surface area (Å²) in [5, 5.41) is 7.12. The van der Waals surface area contributed by atoms with Crippen LogP contribution in [0.5, 0.6) is 0 Å². The van der Waals surface area contributed by atoms with Crippen LogP contribution in [0, 0.1) is 18.8 Å². The van der Waals surface area contributed by atoms with Crippen LogP contribution in [0.15, 0.2) is 12.1 Å². The molecule has 0 unspecified atom stereocenters. The summed E-state index contributed by atoms with van der Waals surface area (Å²) in [4.78, 5) is 14.1. The Morgan fingerprint density at radius 2 is 2.03 bits per heavy atom. The first-order valence-electron chi connectivity index (χ1n) is 9.08. The summed E-state index contributed by atoms with van der Waals surface area (Å²) in [5.41, 5.74) is 0. The Bertz CT molecular complexity index is 797. The number of ether oxygens (including phenoxy) is 1. The lowest BCUT2D eigenvalue weighted by Gasteiger charge is -2.19. The number of aryl methyl sites for hydroxylation is 1. The first-order valence-corrected chi connectivity index (χ1v) is 11.5. The van der Waals surface area contributed by atoms with Gasteiger partial charge in [-0.25, -0.2) is 17.9 Å². The van der Waals surface area contributed by atoms with Crippen molar-refractivity contribution >= 4 is 27.3 Å². The summed E-state index contributed by atoms with van der Waals surface area (Å²) in [6, 6.07) is 4.36. The number of rotatable bonds is 6. The number of likely N-dealkylation sites (tertiary alicyclic amines) is 1. The van der Waals surface area contributed by atoms with Gasteiger partial charge in [-0.1, -0.05) is 0 Å². The smallest absolute Gasteiger partial charge is 0.475 e. The highest BCUT2D eigenvalue weighted by Gasteiger charge is 2.43. The molecule has 0 aliphatic carbocycles. The van der Waals surface area contributed by atoms with E-state index in [0.29, 0.717) is 25.0 Å². The van der Waals surface area contributed by atoms with Gasteiger partial charge < -0.3 is 9.84 Å². The van der Waals surface area contributed by atoms with Crippen LogP contribution >= 0.6 is 11.3 Å². The first kappa shape index (κ1) is 24.1. The molecule has 1 aromatic heterocycles. The lowest BCUT2D eigenvalue weighted by molar-refractivity contribution is -0.192. The first-order chi connectivity index (χ1) is 13.4. The highest BCUT2D eigenvalue weighted by atomic mass is 32.2. The van der Waals surface area contributed by atoms with Crippen molar-refractivity contribution in [3.8, 4) is 0 Å². The third-order valence-corrected chi connectivity index (χ3v) is 7.23. The van der Waals surface area contributed by atoms with Crippen molar-refractivity contribution in [3.05, 3.63) is 21.9 Å². The Morgan fingerprint density at radius 3 is 2.55 bits per heavy atom. The van der Waals surface area contributed by atoms with Gasteiger partial charge in [0.05, 0.1) is 18.5 Å². The summed E-state index contributed by atoms with van der Waals surface area (Å²) in [7, 11) is -3.11. The van der Waals surface area contributed by atoms with Gasteiger partial charge in [-0.15, -0.1) is 11.3 Å². The molecule has 0 amide bonds. The van der Waals surface area contributed by atoms with Crippen LogP contribution in [0.2, 0.25) is 0 Å². The maximum absolute atomic E-state index is 11.6. The molecule has 2 aliphatic rings. The monoisotopic (exact) mass is 458 g/mol. The highest BCUT2D eigenvalue weighted by Crippen LogP contribution is 2.34. The number of halogens is 3. The molecular formula is C17H25F3N2O5S2. The number of hydrogen-bond acceptors (Lipinski definition) is 6. The van der Waals surface area contributed by atoms with Crippen LogP contribution < -0.4 is 4.72 Å². The number of aliphatic carboxylic acids is 1. The van der Waals surface area contributed by atoms with Gasteiger partial charge in [0.2, 0.25) is 10.0 Å². The van der Waals surface area contributed by atoms with Crippen LogP contribution in [0.1, 0.15) is 16.7 Å². The van der Waals surface area contributed by atoms with E-state index in [1.807, 2.05) is 11.3 Å². The van der Waals surface area contributed by atoms with Crippen molar-refractivity contribution in [2.75, 3.05) is 32.0 Å². The molecule has 7 nitrogen and oxygen atoms in total. The molecule has 0 aromatic carbocycles. The molecule has 2 fully saturated rings. The fourth-order valence-corrected chi connectivity index (χ4v) is 4.95. The van der Waals surface area contributed by atoms with Crippen molar-refractivity contribution < 1.29 is 36.2 Å². The second-order valence-corrected chi connectivity index (χ2v) is 10.5. The quantitative estimate of drug-likeness (QED) is 0.678. The van der Waals surface area contributed by atoms with E-state index in [9.17, 15) is 21.6 Å². The molecule has 3 heterocycles. The van der Waals surface area contributed by atoms with Gasteiger partial charge in [0.1, 0.15) is 0 Å². The number of carbonyl (C=O) groups is 1. The molecule has 2 N–H and O–H groups in total. The Kier molecular flexibility index (Phi) is 8.08. The molecule has 0 saturated carbocycles. The molecule has 29 heavy (non-hydrogen) atoms. The van der Waals surface area contributed by atoms with Crippen molar-refractivity contribution in [1.82, 2.24) is 9.62 Å². The standard InChI is InChI=1S/C15H24N2O3S2.C2HF3O2/c1-3-22(18,19)16-6-12-10-20-15-9-17(8-14(12)15)7-13-5-4-11(2)21-13;3-2(4,5)1(6)7/h4-5,12,14-16H,3,6-10H2,1-2H3;(H,6,7)/t12-,14-,15-;/m1./s1. The molecule has 0 radical (unpaired) electrons. The molecule has 2 aliphatic heterocycles. The van der Waals surface area contributed by atoms with Crippen molar-refractivity contribution in [3.63, 3.8) is 0 Å². The zero-order valence-corrected chi connectivity index (χ0v) is 17.7. The van der Waals surface area contributed by atoms with Crippen LogP contribution in [0.3, 0.4) is 0 Å². The predicted molar refractivity (Wildman–Crippen MR) is 102 cm³/mol. The van der Waals surface area contributed by atoms with E-state index in [0.717, 1.165) is 19.6 Å². The van der Waals surface area contributed by atoms with E-state index >= 15 is 0 Å². The number of nitrogens with one attached hydrogen (secondary N) is 1. The second-order valence-electron chi connectivity index (χ2n) is 7.06. The topological polar surface area (TPSA) is 95.9 Å². The largest absolute Gasteiger partial charge is 0.490 e. The van der Waals surface area contributed by atoms with E-state index in [-0.39, 0.29) is 11.9 Å². The number of carboxylic acid groups (broad SMARTS) is 1. The van der Waals surface area contributed by atoms with Crippen LogP contribution in [-0.4, -0.2) is 68.7 Å². The average Bonchev–Trinajstić information content (AvgIpc) is 3.29. The van der Waals surface area contributed by atoms with Gasteiger partial charge in [-0.2, -0.15) is 13.2 Å². The Hall–Kier alpha value is -1.21. The van der Waals surface area contributed by atoms with Crippen molar-refractivity contribution in [1.29, 1.82) is 0 Å². The van der Waals surface area contributed by atoms with Crippen LogP contribution in [0.25, 0.3) is 0 Å². The molecule has 12 heteroatoms. The minimum Gasteiger partial charge on any atom is -0.475 e. The normalized spacial score (nSPS) is 24.8. The zero-order chi connectivity index (χ0) is 21.8.